The number of aromatic nitrogens is 2. The lowest BCUT2D eigenvalue weighted by Gasteiger charge is -2.25. The van der Waals surface area contributed by atoms with E-state index in [2.05, 4.69) is 15.3 Å². The summed E-state index contributed by atoms with van der Waals surface area (Å²) in [6.45, 7) is 5.78. The molecule has 202 valence electrons. The van der Waals surface area contributed by atoms with Gasteiger partial charge in [-0.05, 0) is 38.3 Å². The molecule has 38 heavy (non-hydrogen) atoms. The van der Waals surface area contributed by atoms with Gasteiger partial charge in [-0.3, -0.25) is 29.1 Å². The molecule has 1 aromatic heterocycles. The van der Waals surface area contributed by atoms with Crippen LogP contribution in [0.15, 0.2) is 48.9 Å². The maximum Gasteiger partial charge on any atom is 0.602 e. The number of Topliss-reactive ketones (excluding diaryl/α,β-unsaturated/α-hetero) is 1. The molecule has 10 nitrogen and oxygen atoms in total. The SMILES string of the molecule is CC(C)C[C@H](CC(=O)[C@H](Cc1ccccc1)NC(=O)c1cnccn1)B1OC(=O)C[C@H](C)N(C)CC(=O)O1. The van der Waals surface area contributed by atoms with Crippen LogP contribution in [0.2, 0.25) is 5.82 Å². The van der Waals surface area contributed by atoms with E-state index >= 15 is 0 Å². The Labute approximate surface area is 223 Å². The number of nitrogens with one attached hydrogen (secondary N) is 1. The van der Waals surface area contributed by atoms with Crippen LogP contribution in [0.1, 0.15) is 56.1 Å². The summed E-state index contributed by atoms with van der Waals surface area (Å²) >= 11 is 0. The van der Waals surface area contributed by atoms with Crippen molar-refractivity contribution in [1.82, 2.24) is 20.2 Å². The molecule has 2 aromatic rings. The summed E-state index contributed by atoms with van der Waals surface area (Å²) in [7, 11) is 0.538. The number of nitrogens with zero attached hydrogens (tertiary/aromatic N) is 3. The zero-order valence-electron chi connectivity index (χ0n) is 22.3. The normalized spacial score (nSPS) is 18.4. The lowest BCUT2D eigenvalue weighted by atomic mass is 9.64. The third kappa shape index (κ3) is 8.76. The van der Waals surface area contributed by atoms with Crippen LogP contribution in [0.3, 0.4) is 0 Å². The third-order valence-corrected chi connectivity index (χ3v) is 6.48. The lowest BCUT2D eigenvalue weighted by molar-refractivity contribution is -0.139. The molecule has 0 aliphatic carbocycles. The Morgan fingerprint density at radius 1 is 1.13 bits per heavy atom. The summed E-state index contributed by atoms with van der Waals surface area (Å²) in [5.74, 6) is -2.28. The number of amides is 1. The average Bonchev–Trinajstić information content (AvgIpc) is 2.92. The molecule has 2 heterocycles. The highest BCUT2D eigenvalue weighted by Crippen LogP contribution is 2.29. The Hall–Kier alpha value is -3.60. The topological polar surface area (TPSA) is 128 Å². The van der Waals surface area contributed by atoms with Crippen LogP contribution in [-0.2, 0) is 30.1 Å². The monoisotopic (exact) mass is 522 g/mol. The van der Waals surface area contributed by atoms with E-state index in [1.165, 1.54) is 18.6 Å². The van der Waals surface area contributed by atoms with E-state index in [0.717, 1.165) is 5.56 Å². The molecule has 0 unspecified atom stereocenters. The highest BCUT2D eigenvalue weighted by molar-refractivity contribution is 6.51. The average molecular weight is 522 g/mol. The maximum atomic E-state index is 13.7. The summed E-state index contributed by atoms with van der Waals surface area (Å²) in [5.41, 5.74) is 0.956. The second-order valence-corrected chi connectivity index (χ2v) is 10.2. The van der Waals surface area contributed by atoms with Gasteiger partial charge in [0.25, 0.3) is 11.9 Å². The lowest BCUT2D eigenvalue weighted by Crippen LogP contribution is -2.44. The number of hydrogen-bond donors (Lipinski definition) is 1. The van der Waals surface area contributed by atoms with Gasteiger partial charge < -0.3 is 14.6 Å². The van der Waals surface area contributed by atoms with Crippen molar-refractivity contribution in [3.05, 3.63) is 60.2 Å². The maximum absolute atomic E-state index is 13.7. The van der Waals surface area contributed by atoms with Gasteiger partial charge in [0.1, 0.15) is 5.69 Å². The summed E-state index contributed by atoms with van der Waals surface area (Å²) in [6.07, 6.45) is 4.95. The van der Waals surface area contributed by atoms with Crippen LogP contribution in [0.25, 0.3) is 0 Å². The smallest absolute Gasteiger partial charge is 0.499 e. The van der Waals surface area contributed by atoms with E-state index in [1.54, 1.807) is 11.9 Å². The molecule has 0 saturated carbocycles. The predicted octanol–water partition coefficient (Wildman–Crippen LogP) is 2.49. The fourth-order valence-corrected chi connectivity index (χ4v) is 4.36. The van der Waals surface area contributed by atoms with Crippen molar-refractivity contribution in [1.29, 1.82) is 0 Å². The van der Waals surface area contributed by atoms with Gasteiger partial charge in [0.15, 0.2) is 5.78 Å². The van der Waals surface area contributed by atoms with Crippen molar-refractivity contribution in [2.45, 2.75) is 64.4 Å². The molecule has 0 radical (unpaired) electrons. The van der Waals surface area contributed by atoms with Crippen molar-refractivity contribution in [2.24, 2.45) is 5.92 Å². The van der Waals surface area contributed by atoms with Crippen LogP contribution in [0.5, 0.6) is 0 Å². The fourth-order valence-electron chi connectivity index (χ4n) is 4.36. The van der Waals surface area contributed by atoms with Crippen molar-refractivity contribution in [3.63, 3.8) is 0 Å². The van der Waals surface area contributed by atoms with Gasteiger partial charge in [0.05, 0.1) is 25.2 Å². The minimum absolute atomic E-state index is 0.00144. The molecule has 1 amide bonds. The van der Waals surface area contributed by atoms with E-state index in [9.17, 15) is 19.2 Å². The summed E-state index contributed by atoms with van der Waals surface area (Å²) < 4.78 is 11.2. The van der Waals surface area contributed by atoms with Crippen molar-refractivity contribution in [3.8, 4) is 0 Å². The molecular weight excluding hydrogens is 487 g/mol. The van der Waals surface area contributed by atoms with Crippen molar-refractivity contribution in [2.75, 3.05) is 13.6 Å². The minimum Gasteiger partial charge on any atom is -0.499 e. The van der Waals surface area contributed by atoms with Crippen LogP contribution in [-0.4, -0.2) is 71.3 Å². The number of rotatable bonds is 10. The Kier molecular flexibility index (Phi) is 10.5. The number of ketones is 1. The van der Waals surface area contributed by atoms with Crippen LogP contribution >= 0.6 is 0 Å². The van der Waals surface area contributed by atoms with Crippen LogP contribution < -0.4 is 5.32 Å². The third-order valence-electron chi connectivity index (χ3n) is 6.48. The standard InChI is InChI=1S/C27H35BN4O6/c1-18(2)12-21(28-37-25(34)13-19(3)32(4)17-26(35)38-28)15-24(33)22(14-20-8-6-5-7-9-20)31-27(36)23-16-29-10-11-30-23/h5-11,16,18-19,21-22H,12-15,17H2,1-4H3,(H,31,36)/t19-,21+,22-/m0/s1. The Bertz CT molecular complexity index is 1080. The van der Waals surface area contributed by atoms with Gasteiger partial charge in [0, 0.05) is 30.7 Å². The predicted molar refractivity (Wildman–Crippen MR) is 141 cm³/mol. The number of carbonyl (C=O) groups is 4. The van der Waals surface area contributed by atoms with Crippen molar-refractivity contribution >= 4 is 30.7 Å². The Morgan fingerprint density at radius 3 is 2.50 bits per heavy atom. The first kappa shape index (κ1) is 29.0. The summed E-state index contributed by atoms with van der Waals surface area (Å²) in [6, 6.07) is 8.25. The largest absolute Gasteiger partial charge is 0.602 e. The molecule has 1 saturated heterocycles. The van der Waals surface area contributed by atoms with E-state index < -0.39 is 36.8 Å². The van der Waals surface area contributed by atoms with E-state index in [-0.39, 0.29) is 49.2 Å². The fraction of sp³-hybridized carbons (Fsp3) is 0.481. The summed E-state index contributed by atoms with van der Waals surface area (Å²) in [5, 5.41) is 2.79. The zero-order valence-corrected chi connectivity index (χ0v) is 22.3. The second kappa shape index (κ2) is 13.8. The molecule has 1 aliphatic heterocycles. The first-order chi connectivity index (χ1) is 18.1. The van der Waals surface area contributed by atoms with E-state index in [4.69, 9.17) is 9.31 Å². The zero-order chi connectivity index (χ0) is 27.7. The molecule has 1 aliphatic rings. The molecular formula is C27H35BN4O6. The Morgan fingerprint density at radius 2 is 1.84 bits per heavy atom. The van der Waals surface area contributed by atoms with E-state index in [1.807, 2.05) is 51.1 Å². The van der Waals surface area contributed by atoms with Gasteiger partial charge in [0.2, 0.25) is 0 Å². The molecule has 3 atom stereocenters. The highest BCUT2D eigenvalue weighted by atomic mass is 16.6. The Balaban J connectivity index is 1.84. The number of benzene rings is 1. The van der Waals surface area contributed by atoms with Crippen molar-refractivity contribution < 1.29 is 28.5 Å². The van der Waals surface area contributed by atoms with Crippen LogP contribution in [0, 0.1) is 5.92 Å². The van der Waals surface area contributed by atoms with Gasteiger partial charge in [-0.25, -0.2) is 4.98 Å². The molecule has 1 fully saturated rings. The molecule has 0 bridgehead atoms. The van der Waals surface area contributed by atoms with Crippen LogP contribution in [0.4, 0.5) is 0 Å². The number of carbonyl (C=O) groups excluding carboxylic acids is 4. The van der Waals surface area contributed by atoms with E-state index in [0.29, 0.717) is 6.42 Å². The molecule has 1 N–H and O–H groups in total. The molecule has 0 spiro atoms. The molecule has 3 rings (SSSR count). The quantitative estimate of drug-likeness (QED) is 0.468. The summed E-state index contributed by atoms with van der Waals surface area (Å²) in [4.78, 5) is 61.5. The second-order valence-electron chi connectivity index (χ2n) is 10.2. The molecule has 1 aromatic carbocycles. The highest BCUT2D eigenvalue weighted by Gasteiger charge is 2.42. The first-order valence-electron chi connectivity index (χ1n) is 12.8. The van der Waals surface area contributed by atoms with Gasteiger partial charge >= 0.3 is 13.1 Å². The van der Waals surface area contributed by atoms with Gasteiger partial charge in [-0.2, -0.15) is 0 Å². The first-order valence-corrected chi connectivity index (χ1v) is 12.8. The van der Waals surface area contributed by atoms with Gasteiger partial charge in [-0.15, -0.1) is 0 Å². The number of likely N-dealkylation sites (N-methyl/N-ethyl adjacent to an activating group) is 1. The van der Waals surface area contributed by atoms with Gasteiger partial charge in [-0.1, -0.05) is 44.2 Å². The molecule has 11 heteroatoms. The minimum atomic E-state index is -1.20. The number of hydrogen-bond acceptors (Lipinski definition) is 9.